The van der Waals surface area contributed by atoms with E-state index in [-0.39, 0.29) is 18.9 Å². The maximum absolute atomic E-state index is 10.4. The van der Waals surface area contributed by atoms with Crippen LogP contribution in [0.1, 0.15) is 478 Å². The number of unbranched alkanes of at least 4 members (excludes halogenated alkanes) is 35. The number of carbonyl (C=O) groups excluding carboxylic acids is 6. The molecule has 758 valence electrons. The van der Waals surface area contributed by atoms with Crippen LogP contribution in [0.4, 0.5) is 0 Å². The quantitative estimate of drug-likeness (QED) is 0.0143. The van der Waals surface area contributed by atoms with Crippen molar-refractivity contribution in [3.63, 3.8) is 0 Å². The van der Waals surface area contributed by atoms with E-state index in [1.165, 1.54) is 120 Å². The smallest absolute Gasteiger partial charge is 0.303 e. The lowest BCUT2D eigenvalue weighted by Crippen LogP contribution is -2.11. The van der Waals surface area contributed by atoms with Crippen molar-refractivity contribution >= 4 is 74.6 Å². The van der Waals surface area contributed by atoms with Crippen molar-refractivity contribution in [3.8, 4) is 0 Å². The molecule has 0 radical (unpaired) electrons. The van der Waals surface area contributed by atoms with E-state index in [2.05, 4.69) is 97.1 Å². The van der Waals surface area contributed by atoms with Gasteiger partial charge in [0.2, 0.25) is 0 Å². The minimum atomic E-state index is -0.744. The predicted octanol–water partition coefficient (Wildman–Crippen LogP) is 28.1. The Bertz CT molecular complexity index is 2660. The molecule has 0 saturated heterocycles. The molecule has 0 bridgehead atoms. The normalized spacial score (nSPS) is 12.1. The predicted molar refractivity (Wildman–Crippen MR) is 523 cm³/mol. The van der Waals surface area contributed by atoms with Gasteiger partial charge < -0.3 is 59.1 Å². The number of aliphatic carboxylic acids is 6. The molecule has 5 atom stereocenters. The van der Waals surface area contributed by atoms with E-state index in [0.29, 0.717) is 116 Å². The highest BCUT2D eigenvalue weighted by molar-refractivity contribution is 5.68. The van der Waals surface area contributed by atoms with Gasteiger partial charge >= 0.3 is 35.8 Å². The van der Waals surface area contributed by atoms with Crippen LogP contribution in [-0.2, 0) is 86.0 Å². The summed E-state index contributed by atoms with van der Waals surface area (Å²) in [7, 11) is 0. The van der Waals surface area contributed by atoms with Crippen molar-refractivity contribution in [1.29, 1.82) is 0 Å². The average molecular weight is 1850 g/mol. The first-order chi connectivity index (χ1) is 63.1. The molecule has 0 aromatic heterocycles. The van der Waals surface area contributed by atoms with E-state index in [4.69, 9.17) is 40.1 Å². The van der Waals surface area contributed by atoms with Crippen LogP contribution in [0.5, 0.6) is 0 Å². The van der Waals surface area contributed by atoms with Crippen molar-refractivity contribution in [2.75, 3.05) is 33.0 Å². The summed E-state index contributed by atoms with van der Waals surface area (Å²) in [5.74, 6) is -1.41. The van der Waals surface area contributed by atoms with E-state index in [9.17, 15) is 57.5 Å². The first-order valence-electron chi connectivity index (χ1n) is 50.9. The highest BCUT2D eigenvalue weighted by Gasteiger charge is 2.13. The van der Waals surface area contributed by atoms with Crippen LogP contribution in [0.25, 0.3) is 0 Å². The number of hydrogen-bond donors (Lipinski definition) is 6. The van der Waals surface area contributed by atoms with Gasteiger partial charge in [-0.3, -0.25) is 57.5 Å². The number of hydrogen-bond acceptors (Lipinski definition) is 18. The Morgan fingerprint density at radius 2 is 0.485 bits per heavy atom. The monoisotopic (exact) mass is 1850 g/mol. The average Bonchev–Trinajstić information content (AvgIpc) is 1.02. The summed E-state index contributed by atoms with van der Waals surface area (Å²) in [4.78, 5) is 122. The second kappa shape index (κ2) is 116. The maximum Gasteiger partial charge on any atom is 0.303 e. The molecule has 0 aliphatic rings. The van der Waals surface area contributed by atoms with Gasteiger partial charge in [-0.1, -0.05) is 300 Å². The number of rotatable bonds is 96. The molecule has 6 N–H and O–H groups in total. The van der Waals surface area contributed by atoms with Crippen LogP contribution in [0.2, 0.25) is 0 Å². The lowest BCUT2D eigenvalue weighted by Gasteiger charge is -2.14. The van der Waals surface area contributed by atoms with Crippen molar-refractivity contribution in [2.45, 2.75) is 484 Å². The zero-order chi connectivity index (χ0) is 97.6. The van der Waals surface area contributed by atoms with Gasteiger partial charge in [0.05, 0.1) is 33.0 Å². The second-order valence-electron chi connectivity index (χ2n) is 34.8. The SMILES string of the molecule is C/C(=C/CC/C=C(\C)CCCCCCOC=O)CCCCCCC(=O)O.C=CC(CC/C=C\CCCCCCC(=O)O)CCCCCOC=O.C=CC(CCCCCCC(=O)O)CCCCCOC=O.CCC(CCCCCCC(=O)O)CCCCCOC=O.CCC(CCCCCCCCCCC(=O)O)CCCCCOC=O.CCCCC(CCCCCC(=O)O)OC=O. The second-order valence-corrected chi connectivity index (χ2v) is 34.8. The zero-order valence-corrected chi connectivity index (χ0v) is 82.6. The van der Waals surface area contributed by atoms with Crippen LogP contribution >= 0.6 is 0 Å². The molecule has 130 heavy (non-hydrogen) atoms. The third-order valence-electron chi connectivity index (χ3n) is 23.2. The topological polar surface area (TPSA) is 382 Å². The lowest BCUT2D eigenvalue weighted by atomic mass is 9.92. The van der Waals surface area contributed by atoms with E-state index in [1.807, 2.05) is 6.08 Å². The molecular formula is C106H190O24. The maximum atomic E-state index is 10.4. The molecular weight excluding hydrogens is 1660 g/mol. The Morgan fingerprint density at radius 3 is 0.762 bits per heavy atom. The van der Waals surface area contributed by atoms with Crippen LogP contribution in [0, 0.1) is 23.7 Å². The molecule has 0 spiro atoms. The molecule has 0 aliphatic heterocycles. The van der Waals surface area contributed by atoms with Crippen molar-refractivity contribution in [3.05, 3.63) is 60.8 Å². The summed E-state index contributed by atoms with van der Waals surface area (Å²) in [5.41, 5.74) is 2.92. The fraction of sp³-hybridized carbons (Fsp3) is 0.792. The molecule has 0 fully saturated rings. The van der Waals surface area contributed by atoms with Gasteiger partial charge in [-0.25, -0.2) is 0 Å². The highest BCUT2D eigenvalue weighted by Crippen LogP contribution is 2.26. The van der Waals surface area contributed by atoms with E-state index in [1.54, 1.807) is 0 Å². The Kier molecular flexibility index (Phi) is 118. The summed E-state index contributed by atoms with van der Waals surface area (Å²) in [6, 6.07) is 0. The first kappa shape index (κ1) is 133. The fourth-order valence-electron chi connectivity index (χ4n) is 15.0. The van der Waals surface area contributed by atoms with Crippen LogP contribution in [0.3, 0.4) is 0 Å². The Morgan fingerprint density at radius 1 is 0.254 bits per heavy atom. The molecule has 0 aliphatic carbocycles. The number of carbonyl (C=O) groups is 12. The Balaban J connectivity index is -0.000000357. The molecule has 5 unspecified atom stereocenters. The molecule has 0 saturated carbocycles. The zero-order valence-electron chi connectivity index (χ0n) is 82.6. The van der Waals surface area contributed by atoms with E-state index < -0.39 is 35.8 Å². The first-order valence-corrected chi connectivity index (χ1v) is 50.9. The minimum Gasteiger partial charge on any atom is -0.481 e. The molecule has 0 aromatic rings. The van der Waals surface area contributed by atoms with Gasteiger partial charge in [-0.2, -0.15) is 0 Å². The number of ether oxygens (including phenoxy) is 6. The number of allylic oxidation sites excluding steroid dienone is 8. The molecule has 0 heterocycles. The highest BCUT2D eigenvalue weighted by atomic mass is 16.5. The van der Waals surface area contributed by atoms with Gasteiger partial charge in [0.1, 0.15) is 6.10 Å². The van der Waals surface area contributed by atoms with Crippen molar-refractivity contribution < 1.29 is 117 Å². The van der Waals surface area contributed by atoms with Crippen LogP contribution < -0.4 is 0 Å². The molecule has 24 nitrogen and oxygen atoms in total. The summed E-state index contributed by atoms with van der Waals surface area (Å²) < 4.78 is 28.3. The third kappa shape index (κ3) is 127. The minimum absolute atomic E-state index is 0.0160. The Hall–Kier alpha value is -7.66. The lowest BCUT2D eigenvalue weighted by molar-refractivity contribution is -0.138. The van der Waals surface area contributed by atoms with Crippen molar-refractivity contribution in [2.24, 2.45) is 23.7 Å². The summed E-state index contributed by atoms with van der Waals surface area (Å²) in [6.07, 6.45) is 83.9. The van der Waals surface area contributed by atoms with Crippen molar-refractivity contribution in [1.82, 2.24) is 0 Å². The van der Waals surface area contributed by atoms with E-state index in [0.717, 1.165) is 301 Å². The number of carboxylic acids is 6. The van der Waals surface area contributed by atoms with E-state index >= 15 is 0 Å². The van der Waals surface area contributed by atoms with Crippen LogP contribution in [0.15, 0.2) is 60.8 Å². The van der Waals surface area contributed by atoms with Gasteiger partial charge in [-0.15, -0.1) is 13.2 Å². The van der Waals surface area contributed by atoms with Gasteiger partial charge in [0, 0.05) is 38.5 Å². The largest absolute Gasteiger partial charge is 0.481 e. The molecule has 0 rings (SSSR count). The molecule has 24 heteroatoms. The standard InChI is InChI=1S/C22H38O4.C20H38O4.C20H34O4.C16H30O4.C16H28O4.C12H22O4/c1-20(13-7-3-4-9-17-22(24)25)15-10-11-16-21(2)14-8-5-6-12-18-26-19-23;2*1-2-19(15-11-9-13-17-24-18-21)14-10-7-5-3-4-6-8-12-16-20(22)23;2*1-2-15(11-7-5-9-13-20-14-17)10-6-3-4-8-12-16(18)19;1-2-3-7-11(16-10-13)8-5-4-6-9-12(14)15/h15-16,19H,3-14,17-18H2,1-2H3,(H,24,25);18-19H,2-17H2,1H3,(H,22,23);2,5,7,18-19H,1,3-4,6,8-17H2,(H,22,23);14-15H,2-13H2,1H3,(H,18,19);2,14-15H,1,3-13H2,(H,18,19);10-11H,2-9H2,1H3,(H,14,15)/b20-15-,21-16+;;7-5-;;;. The van der Waals surface area contributed by atoms with Gasteiger partial charge in [0.25, 0.3) is 38.8 Å². The molecule has 0 aromatic carbocycles. The number of carboxylic acid groups (broad SMARTS) is 6. The fourth-order valence-corrected chi connectivity index (χ4v) is 15.0. The summed E-state index contributed by atoms with van der Waals surface area (Å²) in [6.45, 7) is 24.6. The van der Waals surface area contributed by atoms with Gasteiger partial charge in [0.15, 0.2) is 0 Å². The third-order valence-corrected chi connectivity index (χ3v) is 23.2. The summed E-state index contributed by atoms with van der Waals surface area (Å²) in [5, 5.41) is 51.2. The molecule has 0 amide bonds. The summed E-state index contributed by atoms with van der Waals surface area (Å²) >= 11 is 0. The van der Waals surface area contributed by atoms with Crippen LogP contribution in [-0.4, -0.2) is 144 Å². The Labute approximate surface area is 788 Å². The van der Waals surface area contributed by atoms with Gasteiger partial charge in [-0.05, 0) is 211 Å².